The molecule has 1 fully saturated rings. The first kappa shape index (κ1) is 12.5. The first-order chi connectivity index (χ1) is 8.31. The normalized spacial score (nSPS) is 19.2. The quantitative estimate of drug-likeness (QED) is 0.865. The maximum Gasteiger partial charge on any atom is 0.123 e. The molecule has 1 saturated heterocycles. The van der Waals surface area contributed by atoms with Gasteiger partial charge in [-0.2, -0.15) is 0 Å². The van der Waals surface area contributed by atoms with Crippen LogP contribution in [0, 0.1) is 5.82 Å². The van der Waals surface area contributed by atoms with Gasteiger partial charge in [-0.25, -0.2) is 4.39 Å². The van der Waals surface area contributed by atoms with Gasteiger partial charge in [0.2, 0.25) is 0 Å². The lowest BCUT2D eigenvalue weighted by Crippen LogP contribution is -2.39. The molecule has 1 unspecified atom stereocenters. The number of hydrogen-bond donors (Lipinski definition) is 1. The van der Waals surface area contributed by atoms with E-state index >= 15 is 0 Å². The molecule has 17 heavy (non-hydrogen) atoms. The Morgan fingerprint density at radius 3 is 2.76 bits per heavy atom. The maximum atomic E-state index is 13.3. The third kappa shape index (κ3) is 3.25. The first-order valence-corrected chi connectivity index (χ1v) is 6.08. The number of rotatable bonds is 4. The minimum absolute atomic E-state index is 0.183. The van der Waals surface area contributed by atoms with E-state index in [0.717, 1.165) is 38.3 Å². The smallest absolute Gasteiger partial charge is 0.123 e. The van der Waals surface area contributed by atoms with Gasteiger partial charge in [-0.3, -0.25) is 4.90 Å². The summed E-state index contributed by atoms with van der Waals surface area (Å²) < 4.78 is 18.6. The molecule has 0 aromatic heterocycles. The van der Waals surface area contributed by atoms with E-state index in [-0.39, 0.29) is 11.9 Å². The van der Waals surface area contributed by atoms with Crippen LogP contribution in [0.1, 0.15) is 18.0 Å². The van der Waals surface area contributed by atoms with E-state index in [9.17, 15) is 4.39 Å². The van der Waals surface area contributed by atoms with Crippen LogP contribution >= 0.6 is 0 Å². The Labute approximate surface area is 101 Å². The Hall–Kier alpha value is -0.970. The number of nitrogens with zero attached hydrogens (tertiary/aromatic N) is 1. The SMILES string of the molecule is NCCC(c1cccc(F)c1)N1CCOCC1. The van der Waals surface area contributed by atoms with E-state index in [4.69, 9.17) is 10.5 Å². The topological polar surface area (TPSA) is 38.5 Å². The van der Waals surface area contributed by atoms with Gasteiger partial charge in [0.25, 0.3) is 0 Å². The Morgan fingerprint density at radius 2 is 2.12 bits per heavy atom. The molecule has 1 aromatic rings. The molecule has 0 spiro atoms. The molecule has 2 rings (SSSR count). The van der Waals surface area contributed by atoms with Crippen LogP contribution in [0.25, 0.3) is 0 Å². The highest BCUT2D eigenvalue weighted by Gasteiger charge is 2.22. The second-order valence-electron chi connectivity index (χ2n) is 4.30. The predicted molar refractivity (Wildman–Crippen MR) is 65.2 cm³/mol. The molecule has 0 aliphatic carbocycles. The number of morpholine rings is 1. The van der Waals surface area contributed by atoms with Crippen LogP contribution in [0.5, 0.6) is 0 Å². The molecule has 1 aliphatic heterocycles. The van der Waals surface area contributed by atoms with E-state index in [2.05, 4.69) is 4.90 Å². The number of hydrogen-bond acceptors (Lipinski definition) is 3. The van der Waals surface area contributed by atoms with Crippen LogP contribution in [0.2, 0.25) is 0 Å². The largest absolute Gasteiger partial charge is 0.379 e. The molecule has 0 radical (unpaired) electrons. The molecule has 2 N–H and O–H groups in total. The average molecular weight is 238 g/mol. The highest BCUT2D eigenvalue weighted by atomic mass is 19.1. The van der Waals surface area contributed by atoms with Crippen LogP contribution in [-0.4, -0.2) is 37.7 Å². The fourth-order valence-electron chi connectivity index (χ4n) is 2.32. The van der Waals surface area contributed by atoms with Crippen LogP contribution in [-0.2, 0) is 4.74 Å². The van der Waals surface area contributed by atoms with Gasteiger partial charge in [0.1, 0.15) is 5.82 Å². The van der Waals surface area contributed by atoms with E-state index in [1.807, 2.05) is 6.07 Å². The van der Waals surface area contributed by atoms with Gasteiger partial charge >= 0.3 is 0 Å². The summed E-state index contributed by atoms with van der Waals surface area (Å²) in [6.45, 7) is 3.88. The molecule has 3 nitrogen and oxygen atoms in total. The predicted octanol–water partition coefficient (Wildman–Crippen LogP) is 1.55. The molecule has 0 amide bonds. The summed E-state index contributed by atoms with van der Waals surface area (Å²) in [5, 5.41) is 0. The highest BCUT2D eigenvalue weighted by Crippen LogP contribution is 2.25. The number of nitrogens with two attached hydrogens (primary N) is 1. The van der Waals surface area contributed by atoms with Gasteiger partial charge in [0.05, 0.1) is 13.2 Å². The van der Waals surface area contributed by atoms with Crippen molar-refractivity contribution in [1.82, 2.24) is 4.90 Å². The van der Waals surface area contributed by atoms with Crippen molar-refractivity contribution in [3.8, 4) is 0 Å². The zero-order valence-electron chi connectivity index (χ0n) is 9.94. The number of halogens is 1. The molecule has 0 saturated carbocycles. The van der Waals surface area contributed by atoms with E-state index in [1.165, 1.54) is 6.07 Å². The first-order valence-electron chi connectivity index (χ1n) is 6.08. The molecule has 94 valence electrons. The Balaban J connectivity index is 2.15. The van der Waals surface area contributed by atoms with Crippen LogP contribution in [0.3, 0.4) is 0 Å². The molecular weight excluding hydrogens is 219 g/mol. The summed E-state index contributed by atoms with van der Waals surface area (Å²) in [6.07, 6.45) is 0.851. The Morgan fingerprint density at radius 1 is 1.35 bits per heavy atom. The monoisotopic (exact) mass is 238 g/mol. The van der Waals surface area contributed by atoms with Gasteiger partial charge in [-0.1, -0.05) is 12.1 Å². The average Bonchev–Trinajstić information content (AvgIpc) is 2.37. The fraction of sp³-hybridized carbons (Fsp3) is 0.538. The van der Waals surface area contributed by atoms with Crippen LogP contribution in [0.15, 0.2) is 24.3 Å². The zero-order chi connectivity index (χ0) is 12.1. The Bertz CT molecular complexity index is 353. The standard InChI is InChI=1S/C13H19FN2O/c14-12-3-1-2-11(10-12)13(4-5-15)16-6-8-17-9-7-16/h1-3,10,13H,4-9,15H2. The summed E-state index contributed by atoms with van der Waals surface area (Å²) in [7, 11) is 0. The number of benzene rings is 1. The third-order valence-corrected chi connectivity index (χ3v) is 3.16. The summed E-state index contributed by atoms with van der Waals surface area (Å²) in [5.41, 5.74) is 6.67. The van der Waals surface area contributed by atoms with Crippen molar-refractivity contribution in [2.75, 3.05) is 32.8 Å². The molecular formula is C13H19FN2O. The molecule has 4 heteroatoms. The van der Waals surface area contributed by atoms with E-state index < -0.39 is 0 Å². The lowest BCUT2D eigenvalue weighted by Gasteiger charge is -2.34. The maximum absolute atomic E-state index is 13.3. The molecule has 0 bridgehead atoms. The van der Waals surface area contributed by atoms with Crippen molar-refractivity contribution in [2.24, 2.45) is 5.73 Å². The second-order valence-corrected chi connectivity index (χ2v) is 4.30. The summed E-state index contributed by atoms with van der Waals surface area (Å²) in [5.74, 6) is -0.183. The summed E-state index contributed by atoms with van der Waals surface area (Å²) >= 11 is 0. The zero-order valence-corrected chi connectivity index (χ0v) is 9.94. The summed E-state index contributed by atoms with van der Waals surface area (Å²) in [4.78, 5) is 2.32. The van der Waals surface area contributed by atoms with Gasteiger partial charge in [0, 0.05) is 19.1 Å². The van der Waals surface area contributed by atoms with E-state index in [1.54, 1.807) is 12.1 Å². The van der Waals surface area contributed by atoms with Crippen LogP contribution in [0.4, 0.5) is 4.39 Å². The van der Waals surface area contributed by atoms with Crippen molar-refractivity contribution >= 4 is 0 Å². The van der Waals surface area contributed by atoms with Crippen molar-refractivity contribution in [3.63, 3.8) is 0 Å². The Kier molecular flexibility index (Phi) is 4.48. The van der Waals surface area contributed by atoms with Gasteiger partial charge in [-0.05, 0) is 30.7 Å². The number of ether oxygens (including phenoxy) is 1. The van der Waals surface area contributed by atoms with Gasteiger partial charge in [-0.15, -0.1) is 0 Å². The van der Waals surface area contributed by atoms with Crippen molar-refractivity contribution < 1.29 is 9.13 Å². The van der Waals surface area contributed by atoms with Crippen LogP contribution < -0.4 is 5.73 Å². The van der Waals surface area contributed by atoms with E-state index in [0.29, 0.717) is 6.54 Å². The second kappa shape index (κ2) is 6.10. The molecule has 1 aromatic carbocycles. The minimum atomic E-state index is -0.183. The minimum Gasteiger partial charge on any atom is -0.379 e. The lowest BCUT2D eigenvalue weighted by molar-refractivity contribution is 0.0147. The lowest BCUT2D eigenvalue weighted by atomic mass is 10.0. The van der Waals surface area contributed by atoms with Crippen molar-refractivity contribution in [1.29, 1.82) is 0 Å². The summed E-state index contributed by atoms with van der Waals surface area (Å²) in [6, 6.07) is 7.02. The van der Waals surface area contributed by atoms with Crippen molar-refractivity contribution in [2.45, 2.75) is 12.5 Å². The molecule has 1 heterocycles. The van der Waals surface area contributed by atoms with Gasteiger partial charge < -0.3 is 10.5 Å². The van der Waals surface area contributed by atoms with Crippen molar-refractivity contribution in [3.05, 3.63) is 35.6 Å². The third-order valence-electron chi connectivity index (χ3n) is 3.16. The fourth-order valence-corrected chi connectivity index (χ4v) is 2.32. The highest BCUT2D eigenvalue weighted by molar-refractivity contribution is 5.20. The molecule has 1 atom stereocenters. The molecule has 1 aliphatic rings. The van der Waals surface area contributed by atoms with Gasteiger partial charge in [0.15, 0.2) is 0 Å².